The highest BCUT2D eigenvalue weighted by molar-refractivity contribution is 7.18. The summed E-state index contributed by atoms with van der Waals surface area (Å²) < 4.78 is 6.21. The molecule has 0 saturated heterocycles. The lowest BCUT2D eigenvalue weighted by molar-refractivity contribution is 1.17. The highest BCUT2D eigenvalue weighted by atomic mass is 32.1. The molecule has 0 aliphatic rings. The van der Waals surface area contributed by atoms with Crippen molar-refractivity contribution in [1.29, 1.82) is 0 Å². The fourth-order valence-electron chi connectivity index (χ4n) is 8.27. The van der Waals surface area contributed by atoms with Crippen molar-refractivity contribution in [2.75, 3.05) is 0 Å². The van der Waals surface area contributed by atoms with Gasteiger partial charge in [-0.3, -0.25) is 0 Å². The molecular formula is C46H28N2S. The van der Waals surface area contributed by atoms with Crippen molar-refractivity contribution >= 4 is 86.6 Å². The predicted octanol–water partition coefficient (Wildman–Crippen LogP) is 13.1. The summed E-state index contributed by atoms with van der Waals surface area (Å²) in [5.74, 6) is 0. The number of rotatable bonds is 3. The van der Waals surface area contributed by atoms with E-state index in [0.717, 1.165) is 5.69 Å². The van der Waals surface area contributed by atoms with E-state index in [1.54, 1.807) is 0 Å². The second kappa shape index (κ2) is 10.2. The van der Waals surface area contributed by atoms with Gasteiger partial charge in [0.2, 0.25) is 0 Å². The molecule has 0 bridgehead atoms. The van der Waals surface area contributed by atoms with Gasteiger partial charge in [-0.15, -0.1) is 11.3 Å². The van der Waals surface area contributed by atoms with Crippen LogP contribution in [0.3, 0.4) is 0 Å². The maximum atomic E-state index is 2.48. The predicted molar refractivity (Wildman–Crippen MR) is 211 cm³/mol. The number of nitrogens with zero attached hydrogens (tertiary/aromatic N) is 2. The third-order valence-corrected chi connectivity index (χ3v) is 11.3. The van der Waals surface area contributed by atoms with Crippen LogP contribution in [0.5, 0.6) is 0 Å². The van der Waals surface area contributed by atoms with Crippen LogP contribution in [0.1, 0.15) is 0 Å². The summed E-state index contributed by atoms with van der Waals surface area (Å²) >= 11 is 1.83. The van der Waals surface area contributed by atoms with Crippen molar-refractivity contribution in [1.82, 2.24) is 9.13 Å². The first-order valence-electron chi connectivity index (χ1n) is 16.8. The molecule has 0 aliphatic carbocycles. The van der Waals surface area contributed by atoms with Crippen molar-refractivity contribution < 1.29 is 0 Å². The van der Waals surface area contributed by atoms with Crippen LogP contribution in [-0.2, 0) is 0 Å². The fraction of sp³-hybridized carbons (Fsp3) is 0. The molecule has 0 radical (unpaired) electrons. The Balaban J connectivity index is 1.13. The van der Waals surface area contributed by atoms with Gasteiger partial charge in [0.15, 0.2) is 0 Å². The molecule has 0 saturated carbocycles. The summed E-state index contributed by atoms with van der Waals surface area (Å²) in [6, 6.07) is 60.2. The van der Waals surface area contributed by atoms with Crippen LogP contribution in [0.15, 0.2) is 169 Å². The van der Waals surface area contributed by atoms with Gasteiger partial charge in [0, 0.05) is 27.5 Å². The molecule has 228 valence electrons. The van der Waals surface area contributed by atoms with E-state index in [4.69, 9.17) is 0 Å². The van der Waals surface area contributed by atoms with Gasteiger partial charge in [0.25, 0.3) is 0 Å². The topological polar surface area (TPSA) is 9.86 Å². The standard InChI is InChI=1S/C46H28N2S/c1-2-10-31(11-3-1)47-42-25-24-39-38-16-8-9-17-41(38)48(45(39)44(42)46-43(47)26-27-49-46)32-21-18-29(19-22-32)30-20-23-37-35-14-5-4-12-33(35)34-13-6-7-15-36(34)40(37)28-30/h1-28H. The van der Waals surface area contributed by atoms with Gasteiger partial charge in [-0.2, -0.15) is 0 Å². The van der Waals surface area contributed by atoms with Gasteiger partial charge < -0.3 is 9.13 Å². The highest BCUT2D eigenvalue weighted by Crippen LogP contribution is 2.44. The first kappa shape index (κ1) is 26.9. The molecule has 0 unspecified atom stereocenters. The Morgan fingerprint density at radius 2 is 0.918 bits per heavy atom. The zero-order valence-corrected chi connectivity index (χ0v) is 27.3. The minimum atomic E-state index is 1.16. The number of para-hydroxylation sites is 2. The molecule has 11 rings (SSSR count). The molecule has 3 aromatic heterocycles. The van der Waals surface area contributed by atoms with Crippen LogP contribution in [0.25, 0.3) is 97.7 Å². The Labute approximate surface area is 286 Å². The Kier molecular flexibility index (Phi) is 5.57. The summed E-state index contributed by atoms with van der Waals surface area (Å²) in [4.78, 5) is 0. The molecule has 8 aromatic carbocycles. The lowest BCUT2D eigenvalue weighted by Crippen LogP contribution is -1.95. The first-order valence-corrected chi connectivity index (χ1v) is 17.6. The molecule has 3 heteroatoms. The normalized spacial score (nSPS) is 12.1. The molecule has 0 aliphatic heterocycles. The fourth-order valence-corrected chi connectivity index (χ4v) is 9.20. The molecule has 0 spiro atoms. The maximum Gasteiger partial charge on any atom is 0.0649 e. The van der Waals surface area contributed by atoms with Crippen molar-refractivity contribution in [3.8, 4) is 22.5 Å². The van der Waals surface area contributed by atoms with Gasteiger partial charge in [0.1, 0.15) is 0 Å². The number of hydrogen-bond acceptors (Lipinski definition) is 1. The van der Waals surface area contributed by atoms with Crippen LogP contribution in [-0.4, -0.2) is 9.13 Å². The van der Waals surface area contributed by atoms with E-state index in [9.17, 15) is 0 Å². The van der Waals surface area contributed by atoms with E-state index >= 15 is 0 Å². The van der Waals surface area contributed by atoms with Crippen LogP contribution < -0.4 is 0 Å². The molecular weight excluding hydrogens is 613 g/mol. The largest absolute Gasteiger partial charge is 0.309 e. The Morgan fingerprint density at radius 1 is 0.347 bits per heavy atom. The van der Waals surface area contributed by atoms with Crippen LogP contribution >= 0.6 is 11.3 Å². The van der Waals surface area contributed by atoms with E-state index in [1.165, 1.54) is 92.1 Å². The Morgan fingerprint density at radius 3 is 1.65 bits per heavy atom. The summed E-state index contributed by atoms with van der Waals surface area (Å²) in [6.07, 6.45) is 0. The smallest absolute Gasteiger partial charge is 0.0649 e. The molecule has 11 aromatic rings. The maximum absolute atomic E-state index is 2.48. The van der Waals surface area contributed by atoms with Gasteiger partial charge in [-0.1, -0.05) is 115 Å². The highest BCUT2D eigenvalue weighted by Gasteiger charge is 2.21. The van der Waals surface area contributed by atoms with E-state index < -0.39 is 0 Å². The van der Waals surface area contributed by atoms with Crippen LogP contribution in [0.4, 0.5) is 0 Å². The minimum absolute atomic E-state index is 1.16. The Bertz CT molecular complexity index is 3050. The molecule has 0 N–H and O–H groups in total. The van der Waals surface area contributed by atoms with Crippen LogP contribution in [0, 0.1) is 0 Å². The van der Waals surface area contributed by atoms with Gasteiger partial charge in [0.05, 0.1) is 26.8 Å². The number of benzene rings is 8. The van der Waals surface area contributed by atoms with E-state index in [1.807, 2.05) is 11.3 Å². The summed E-state index contributed by atoms with van der Waals surface area (Å²) in [5, 5.41) is 13.9. The summed E-state index contributed by atoms with van der Waals surface area (Å²) in [7, 11) is 0. The first-order chi connectivity index (χ1) is 24.3. The molecule has 0 atom stereocenters. The van der Waals surface area contributed by atoms with Crippen molar-refractivity contribution in [2.24, 2.45) is 0 Å². The van der Waals surface area contributed by atoms with Gasteiger partial charge in [-0.25, -0.2) is 0 Å². The average Bonchev–Trinajstić information content (AvgIpc) is 3.86. The molecule has 49 heavy (non-hydrogen) atoms. The third-order valence-electron chi connectivity index (χ3n) is 10.4. The van der Waals surface area contributed by atoms with Crippen molar-refractivity contribution in [3.63, 3.8) is 0 Å². The number of fused-ring (bicyclic) bond motifs is 13. The minimum Gasteiger partial charge on any atom is -0.309 e. The van der Waals surface area contributed by atoms with E-state index in [0.29, 0.717) is 0 Å². The second-order valence-electron chi connectivity index (χ2n) is 12.9. The average molecular weight is 641 g/mol. The second-order valence-corrected chi connectivity index (χ2v) is 13.8. The molecule has 2 nitrogen and oxygen atoms in total. The summed E-state index contributed by atoms with van der Waals surface area (Å²) in [5.41, 5.74) is 9.76. The number of hydrogen-bond donors (Lipinski definition) is 0. The van der Waals surface area contributed by atoms with Gasteiger partial charge in [-0.05, 0) is 97.4 Å². The SMILES string of the molecule is c1ccc(-n2c3ccsc3c3c2ccc2c4ccccc4n(-c4ccc(-c5ccc6c7ccccc7c7ccccc7c6c5)cc4)c23)cc1. The lowest BCUT2D eigenvalue weighted by Gasteiger charge is -2.13. The quantitative estimate of drug-likeness (QED) is 0.170. The molecule has 0 fully saturated rings. The molecule has 3 heterocycles. The van der Waals surface area contributed by atoms with E-state index in [2.05, 4.69) is 178 Å². The monoisotopic (exact) mass is 640 g/mol. The van der Waals surface area contributed by atoms with Gasteiger partial charge >= 0.3 is 0 Å². The van der Waals surface area contributed by atoms with Crippen molar-refractivity contribution in [2.45, 2.75) is 0 Å². The van der Waals surface area contributed by atoms with E-state index in [-0.39, 0.29) is 0 Å². The Hall–Kier alpha value is -6.16. The number of aromatic nitrogens is 2. The third kappa shape index (κ3) is 3.76. The zero-order chi connectivity index (χ0) is 32.1. The lowest BCUT2D eigenvalue weighted by atomic mass is 9.92. The summed E-state index contributed by atoms with van der Waals surface area (Å²) in [6.45, 7) is 0. The van der Waals surface area contributed by atoms with Crippen LogP contribution in [0.2, 0.25) is 0 Å². The zero-order valence-electron chi connectivity index (χ0n) is 26.5. The number of thiophene rings is 1. The molecule has 0 amide bonds. The van der Waals surface area contributed by atoms with Crippen molar-refractivity contribution in [3.05, 3.63) is 169 Å².